The summed E-state index contributed by atoms with van der Waals surface area (Å²) < 4.78 is 0. The van der Waals surface area contributed by atoms with Crippen LogP contribution in [0.4, 0.5) is 11.4 Å². The summed E-state index contributed by atoms with van der Waals surface area (Å²) in [5.74, 6) is 0. The van der Waals surface area contributed by atoms with Gasteiger partial charge in [-0.25, -0.2) is 5.01 Å². The number of rotatable bonds is 3. The predicted octanol–water partition coefficient (Wildman–Crippen LogP) is 3.57. The van der Waals surface area contributed by atoms with Crippen molar-refractivity contribution in [3.05, 3.63) is 60.7 Å². The van der Waals surface area contributed by atoms with E-state index in [4.69, 9.17) is 5.53 Å². The van der Waals surface area contributed by atoms with Gasteiger partial charge in [0, 0.05) is 0 Å². The maximum absolute atomic E-state index is 7.18. The van der Waals surface area contributed by atoms with Crippen LogP contribution in [0.3, 0.4) is 0 Å². The molecule has 1 N–H and O–H groups in total. The molecule has 3 nitrogen and oxygen atoms in total. The maximum atomic E-state index is 7.18. The van der Waals surface area contributed by atoms with Crippen molar-refractivity contribution in [2.75, 3.05) is 5.01 Å². The fourth-order valence-corrected chi connectivity index (χ4v) is 1.35. The zero-order valence-corrected chi connectivity index (χ0v) is 8.09. The molecule has 0 fully saturated rings. The third-order valence-corrected chi connectivity index (χ3v) is 2.05. The van der Waals surface area contributed by atoms with Crippen molar-refractivity contribution in [2.45, 2.75) is 0 Å². The Labute approximate surface area is 88.5 Å². The predicted molar refractivity (Wildman–Crippen MR) is 59.0 cm³/mol. The highest BCUT2D eigenvalue weighted by molar-refractivity contribution is 5.61. The SMILES string of the molecule is N=NN(c1cc[c]cc1)c1ccccc1. The molecule has 0 aliphatic heterocycles. The molecule has 0 heterocycles. The molecule has 0 bridgehead atoms. The average molecular weight is 196 g/mol. The fourth-order valence-electron chi connectivity index (χ4n) is 1.35. The third-order valence-electron chi connectivity index (χ3n) is 2.05. The molecule has 0 amide bonds. The summed E-state index contributed by atoms with van der Waals surface area (Å²) in [5, 5.41) is 5.06. The highest BCUT2D eigenvalue weighted by atomic mass is 15.5. The van der Waals surface area contributed by atoms with Crippen LogP contribution in [0.15, 0.2) is 59.8 Å². The van der Waals surface area contributed by atoms with E-state index in [-0.39, 0.29) is 0 Å². The van der Waals surface area contributed by atoms with Gasteiger partial charge in [-0.2, -0.15) is 5.53 Å². The van der Waals surface area contributed by atoms with E-state index in [2.05, 4.69) is 11.3 Å². The summed E-state index contributed by atoms with van der Waals surface area (Å²) in [5.41, 5.74) is 8.91. The molecular weight excluding hydrogens is 186 g/mol. The van der Waals surface area contributed by atoms with Crippen molar-refractivity contribution >= 4 is 11.4 Å². The van der Waals surface area contributed by atoms with Crippen LogP contribution in [-0.4, -0.2) is 0 Å². The number of nitrogens with one attached hydrogen (secondary N) is 1. The molecule has 0 saturated carbocycles. The van der Waals surface area contributed by atoms with Gasteiger partial charge in [0.05, 0.1) is 11.4 Å². The second-order valence-corrected chi connectivity index (χ2v) is 3.01. The summed E-state index contributed by atoms with van der Waals surface area (Å²) in [6.45, 7) is 0. The van der Waals surface area contributed by atoms with Gasteiger partial charge in [0.1, 0.15) is 0 Å². The molecule has 0 aromatic heterocycles. The molecule has 2 rings (SSSR count). The van der Waals surface area contributed by atoms with Gasteiger partial charge in [-0.3, -0.25) is 0 Å². The first-order valence-corrected chi connectivity index (χ1v) is 4.60. The molecule has 2 aromatic carbocycles. The number of nitrogens with zero attached hydrogens (tertiary/aromatic N) is 2. The molecule has 15 heavy (non-hydrogen) atoms. The lowest BCUT2D eigenvalue weighted by atomic mass is 10.2. The molecule has 73 valence electrons. The Morgan fingerprint density at radius 1 is 0.933 bits per heavy atom. The topological polar surface area (TPSA) is 39.5 Å². The maximum Gasteiger partial charge on any atom is 0.0670 e. The Kier molecular flexibility index (Phi) is 2.74. The van der Waals surface area contributed by atoms with Crippen molar-refractivity contribution in [1.82, 2.24) is 0 Å². The van der Waals surface area contributed by atoms with Gasteiger partial charge in [0.15, 0.2) is 0 Å². The first-order valence-electron chi connectivity index (χ1n) is 4.60. The Bertz CT molecular complexity index is 386. The Balaban J connectivity index is 2.38. The minimum absolute atomic E-state index is 0.856. The van der Waals surface area contributed by atoms with Crippen LogP contribution in [0.1, 0.15) is 0 Å². The third kappa shape index (κ3) is 2.02. The number of para-hydroxylation sites is 1. The smallest absolute Gasteiger partial charge is 0.0670 e. The van der Waals surface area contributed by atoms with Gasteiger partial charge in [0.25, 0.3) is 0 Å². The highest BCUT2D eigenvalue weighted by Gasteiger charge is 2.05. The lowest BCUT2D eigenvalue weighted by Crippen LogP contribution is -2.06. The zero-order valence-electron chi connectivity index (χ0n) is 8.09. The summed E-state index contributed by atoms with van der Waals surface area (Å²) in [7, 11) is 0. The van der Waals surface area contributed by atoms with Crippen LogP contribution in [-0.2, 0) is 0 Å². The molecule has 0 aliphatic rings. The van der Waals surface area contributed by atoms with E-state index in [0.29, 0.717) is 0 Å². The number of hydrogen-bond acceptors (Lipinski definition) is 2. The van der Waals surface area contributed by atoms with E-state index in [1.807, 2.05) is 42.5 Å². The van der Waals surface area contributed by atoms with Crippen molar-refractivity contribution in [1.29, 1.82) is 5.53 Å². The van der Waals surface area contributed by atoms with E-state index in [1.165, 1.54) is 0 Å². The lowest BCUT2D eigenvalue weighted by molar-refractivity contribution is 0.921. The quantitative estimate of drug-likeness (QED) is 0.591. The van der Waals surface area contributed by atoms with Gasteiger partial charge in [-0.15, -0.1) is 0 Å². The second-order valence-electron chi connectivity index (χ2n) is 3.01. The van der Waals surface area contributed by atoms with Gasteiger partial charge in [-0.1, -0.05) is 35.6 Å². The monoisotopic (exact) mass is 196 g/mol. The van der Waals surface area contributed by atoms with E-state index >= 15 is 0 Å². The van der Waals surface area contributed by atoms with Crippen molar-refractivity contribution in [3.8, 4) is 0 Å². The van der Waals surface area contributed by atoms with Crippen LogP contribution in [0, 0.1) is 11.6 Å². The molecule has 3 heteroatoms. The zero-order chi connectivity index (χ0) is 10.5. The van der Waals surface area contributed by atoms with Gasteiger partial charge in [-0.05, 0) is 30.3 Å². The molecule has 0 atom stereocenters. The normalized spacial score (nSPS) is 9.60. The van der Waals surface area contributed by atoms with Crippen molar-refractivity contribution in [3.63, 3.8) is 0 Å². The largest absolute Gasteiger partial charge is 0.216 e. The first kappa shape index (κ1) is 9.40. The minimum Gasteiger partial charge on any atom is -0.216 e. The molecule has 2 aromatic rings. The van der Waals surface area contributed by atoms with Gasteiger partial charge in [0.2, 0.25) is 0 Å². The summed E-state index contributed by atoms with van der Waals surface area (Å²) in [6.07, 6.45) is 0. The minimum atomic E-state index is 0.856. The number of benzene rings is 2. The summed E-state index contributed by atoms with van der Waals surface area (Å²) in [6, 6.07) is 19.9. The summed E-state index contributed by atoms with van der Waals surface area (Å²) >= 11 is 0. The standard InChI is InChI=1S/C12H10N3/c13-14-15(11-7-3-1-4-8-11)12-9-5-2-6-10-12/h1,3-10,13H. The second kappa shape index (κ2) is 4.37. The van der Waals surface area contributed by atoms with Crippen LogP contribution >= 0.6 is 0 Å². The molecular formula is C12H10N3. The number of hydrogen-bond donors (Lipinski definition) is 1. The van der Waals surface area contributed by atoms with Crippen molar-refractivity contribution < 1.29 is 0 Å². The van der Waals surface area contributed by atoms with Gasteiger partial charge >= 0.3 is 0 Å². The Morgan fingerprint density at radius 2 is 1.53 bits per heavy atom. The van der Waals surface area contributed by atoms with Crippen LogP contribution in [0.2, 0.25) is 0 Å². The van der Waals surface area contributed by atoms with E-state index in [1.54, 1.807) is 17.1 Å². The van der Waals surface area contributed by atoms with E-state index in [9.17, 15) is 0 Å². The van der Waals surface area contributed by atoms with Crippen LogP contribution in [0.5, 0.6) is 0 Å². The van der Waals surface area contributed by atoms with E-state index in [0.717, 1.165) is 11.4 Å². The van der Waals surface area contributed by atoms with E-state index < -0.39 is 0 Å². The first-order chi connectivity index (χ1) is 7.42. The van der Waals surface area contributed by atoms with Gasteiger partial charge < -0.3 is 0 Å². The molecule has 0 aliphatic carbocycles. The number of anilines is 2. The van der Waals surface area contributed by atoms with Crippen LogP contribution < -0.4 is 5.01 Å². The molecule has 0 spiro atoms. The van der Waals surface area contributed by atoms with Crippen LogP contribution in [0.25, 0.3) is 0 Å². The highest BCUT2D eigenvalue weighted by Crippen LogP contribution is 2.24. The molecule has 1 radical (unpaired) electrons. The van der Waals surface area contributed by atoms with Crippen molar-refractivity contribution in [2.24, 2.45) is 5.22 Å². The summed E-state index contributed by atoms with van der Waals surface area (Å²) in [4.78, 5) is 0. The Morgan fingerprint density at radius 3 is 2.13 bits per heavy atom. The lowest BCUT2D eigenvalue weighted by Gasteiger charge is -2.16. The molecule has 0 unspecified atom stereocenters. The fraction of sp³-hybridized carbons (Fsp3) is 0. The average Bonchev–Trinajstić information content (AvgIpc) is 2.33. The Hall–Kier alpha value is -2.16. The molecule has 0 saturated heterocycles.